The molecule has 1 saturated heterocycles. The van der Waals surface area contributed by atoms with Crippen LogP contribution in [-0.4, -0.2) is 46.3 Å². The molecule has 2 aromatic carbocycles. The van der Waals surface area contributed by atoms with E-state index >= 15 is 0 Å². The first-order chi connectivity index (χ1) is 13.2. The number of carbonyl (C=O) groups excluding carboxylic acids is 1. The Bertz CT molecular complexity index is 785. The van der Waals surface area contributed by atoms with Gasteiger partial charge in [0, 0.05) is 13.1 Å². The molecular weight excluding hydrogens is 356 g/mol. The van der Waals surface area contributed by atoms with Gasteiger partial charge in [0.2, 0.25) is 0 Å². The van der Waals surface area contributed by atoms with Gasteiger partial charge in [0.15, 0.2) is 5.54 Å². The van der Waals surface area contributed by atoms with Crippen LogP contribution in [0.4, 0.5) is 4.79 Å². The first-order valence-corrected chi connectivity index (χ1v) is 9.29. The van der Waals surface area contributed by atoms with Crippen molar-refractivity contribution in [3.05, 3.63) is 71.8 Å². The zero-order chi connectivity index (χ0) is 20.4. The second kappa shape index (κ2) is 7.64. The number of hydrogen-bond donors (Lipinski definition) is 2. The fourth-order valence-corrected chi connectivity index (χ4v) is 3.48. The van der Waals surface area contributed by atoms with Gasteiger partial charge < -0.3 is 15.2 Å². The van der Waals surface area contributed by atoms with E-state index in [-0.39, 0.29) is 19.1 Å². The number of aliphatic carboxylic acids is 1. The van der Waals surface area contributed by atoms with Crippen molar-refractivity contribution in [2.75, 3.05) is 13.1 Å². The highest BCUT2D eigenvalue weighted by Gasteiger charge is 2.53. The number of ether oxygens (including phenoxy) is 1. The van der Waals surface area contributed by atoms with Crippen molar-refractivity contribution in [1.82, 2.24) is 10.2 Å². The zero-order valence-corrected chi connectivity index (χ0v) is 16.4. The number of benzene rings is 2. The third-order valence-corrected chi connectivity index (χ3v) is 4.69. The number of carbonyl (C=O) groups is 2. The molecule has 0 bridgehead atoms. The summed E-state index contributed by atoms with van der Waals surface area (Å²) in [4.78, 5) is 26.2. The van der Waals surface area contributed by atoms with Crippen LogP contribution in [0.15, 0.2) is 60.7 Å². The fraction of sp³-hybridized carbons (Fsp3) is 0.364. The summed E-state index contributed by atoms with van der Waals surface area (Å²) in [5.74, 6) is -1.06. The maximum atomic E-state index is 12.2. The number of carboxylic acids is 1. The molecule has 3 rings (SSSR count). The number of nitrogens with one attached hydrogen (secondary N) is 1. The second-order valence-electron chi connectivity index (χ2n) is 8.14. The molecule has 1 amide bonds. The normalized spacial score (nSPS) is 16.3. The largest absolute Gasteiger partial charge is 0.479 e. The van der Waals surface area contributed by atoms with Crippen molar-refractivity contribution < 1.29 is 19.4 Å². The van der Waals surface area contributed by atoms with Crippen LogP contribution in [0, 0.1) is 0 Å². The highest BCUT2D eigenvalue weighted by molar-refractivity contribution is 5.86. The average Bonchev–Trinajstić information content (AvgIpc) is 2.59. The Labute approximate surface area is 165 Å². The molecule has 0 spiro atoms. The molecule has 1 heterocycles. The Morgan fingerprint density at radius 2 is 1.46 bits per heavy atom. The Morgan fingerprint density at radius 1 is 1.00 bits per heavy atom. The molecule has 1 fully saturated rings. The predicted molar refractivity (Wildman–Crippen MR) is 106 cm³/mol. The summed E-state index contributed by atoms with van der Waals surface area (Å²) in [7, 11) is 0. The molecule has 1 aliphatic heterocycles. The van der Waals surface area contributed by atoms with Gasteiger partial charge in [-0.15, -0.1) is 0 Å². The maximum Gasteiger partial charge on any atom is 0.408 e. The third kappa shape index (κ3) is 4.34. The predicted octanol–water partition coefficient (Wildman–Crippen LogP) is 3.44. The van der Waals surface area contributed by atoms with Crippen LogP contribution in [0.5, 0.6) is 0 Å². The Morgan fingerprint density at radius 3 is 1.86 bits per heavy atom. The van der Waals surface area contributed by atoms with Gasteiger partial charge in [-0.1, -0.05) is 60.7 Å². The molecule has 6 nitrogen and oxygen atoms in total. The Kier molecular flexibility index (Phi) is 5.42. The molecule has 0 saturated carbocycles. The van der Waals surface area contributed by atoms with E-state index in [2.05, 4.69) is 10.2 Å². The first-order valence-electron chi connectivity index (χ1n) is 9.29. The minimum atomic E-state index is -1.36. The van der Waals surface area contributed by atoms with E-state index in [0.29, 0.717) is 0 Å². The van der Waals surface area contributed by atoms with Crippen molar-refractivity contribution in [2.24, 2.45) is 0 Å². The van der Waals surface area contributed by atoms with Crippen LogP contribution in [0.25, 0.3) is 0 Å². The number of alkyl carbamates (subject to hydrolysis) is 1. The Balaban J connectivity index is 1.81. The van der Waals surface area contributed by atoms with E-state index in [1.807, 2.05) is 60.7 Å². The number of hydrogen-bond acceptors (Lipinski definition) is 4. The van der Waals surface area contributed by atoms with Gasteiger partial charge in [0.05, 0.1) is 6.04 Å². The second-order valence-corrected chi connectivity index (χ2v) is 8.14. The third-order valence-electron chi connectivity index (χ3n) is 4.69. The quantitative estimate of drug-likeness (QED) is 0.828. The standard InChI is InChI=1S/C22H26N2O4/c1-21(2,3)28-20(27)23-22(19(25)26)14-24(15-22)18(16-10-6-4-7-11-16)17-12-8-5-9-13-17/h4-13,18H,14-15H2,1-3H3,(H,23,27)(H,25,26). The molecule has 28 heavy (non-hydrogen) atoms. The number of rotatable bonds is 5. The first kappa shape index (κ1) is 19.9. The number of nitrogens with zero attached hydrogens (tertiary/aromatic N) is 1. The molecule has 2 N–H and O–H groups in total. The molecule has 1 aliphatic rings. The Hall–Kier alpha value is -2.86. The van der Waals surface area contributed by atoms with Crippen molar-refractivity contribution in [3.8, 4) is 0 Å². The SMILES string of the molecule is CC(C)(C)OC(=O)NC1(C(=O)O)CN(C(c2ccccc2)c2ccccc2)C1. The lowest BCUT2D eigenvalue weighted by atomic mass is 9.84. The van der Waals surface area contributed by atoms with E-state index in [4.69, 9.17) is 4.74 Å². The van der Waals surface area contributed by atoms with Gasteiger partial charge >= 0.3 is 12.1 Å². The van der Waals surface area contributed by atoms with E-state index in [1.54, 1.807) is 20.8 Å². The molecule has 148 valence electrons. The smallest absolute Gasteiger partial charge is 0.408 e. The summed E-state index contributed by atoms with van der Waals surface area (Å²) in [6.45, 7) is 5.61. The van der Waals surface area contributed by atoms with Gasteiger partial charge in [-0.05, 0) is 31.9 Å². The van der Waals surface area contributed by atoms with Gasteiger partial charge in [-0.25, -0.2) is 9.59 Å². The highest BCUT2D eigenvalue weighted by atomic mass is 16.6. The molecule has 0 atom stereocenters. The molecule has 2 aromatic rings. The van der Waals surface area contributed by atoms with E-state index in [1.165, 1.54) is 0 Å². The van der Waals surface area contributed by atoms with Gasteiger partial charge in [0.25, 0.3) is 0 Å². The molecule has 0 radical (unpaired) electrons. The highest BCUT2D eigenvalue weighted by Crippen LogP contribution is 2.36. The van der Waals surface area contributed by atoms with Crippen LogP contribution in [-0.2, 0) is 9.53 Å². The van der Waals surface area contributed by atoms with E-state index in [0.717, 1.165) is 11.1 Å². The topological polar surface area (TPSA) is 78.9 Å². The van der Waals surface area contributed by atoms with Crippen LogP contribution < -0.4 is 5.32 Å². The van der Waals surface area contributed by atoms with Crippen molar-refractivity contribution in [1.29, 1.82) is 0 Å². The number of likely N-dealkylation sites (tertiary alicyclic amines) is 1. The number of amides is 1. The lowest BCUT2D eigenvalue weighted by Gasteiger charge is -2.50. The van der Waals surface area contributed by atoms with Crippen LogP contribution in [0.2, 0.25) is 0 Å². The van der Waals surface area contributed by atoms with Crippen LogP contribution >= 0.6 is 0 Å². The molecule has 0 unspecified atom stereocenters. The van der Waals surface area contributed by atoms with Crippen LogP contribution in [0.3, 0.4) is 0 Å². The molecular formula is C22H26N2O4. The van der Waals surface area contributed by atoms with Crippen LogP contribution in [0.1, 0.15) is 37.9 Å². The van der Waals surface area contributed by atoms with Gasteiger partial charge in [0.1, 0.15) is 5.60 Å². The lowest BCUT2D eigenvalue weighted by Crippen LogP contribution is -2.74. The maximum absolute atomic E-state index is 12.2. The summed E-state index contributed by atoms with van der Waals surface area (Å²) >= 11 is 0. The zero-order valence-electron chi connectivity index (χ0n) is 16.4. The molecule has 0 aromatic heterocycles. The minimum Gasteiger partial charge on any atom is -0.479 e. The minimum absolute atomic E-state index is 0.0877. The summed E-state index contributed by atoms with van der Waals surface area (Å²) in [6.07, 6.45) is -0.717. The number of carboxylic acid groups (broad SMARTS) is 1. The van der Waals surface area contributed by atoms with Gasteiger partial charge in [-0.2, -0.15) is 0 Å². The fourth-order valence-electron chi connectivity index (χ4n) is 3.48. The summed E-state index contributed by atoms with van der Waals surface area (Å²) in [5.41, 5.74) is 0.100. The van der Waals surface area contributed by atoms with E-state index < -0.39 is 23.2 Å². The summed E-state index contributed by atoms with van der Waals surface area (Å²) in [6, 6.07) is 19.8. The molecule has 0 aliphatic carbocycles. The summed E-state index contributed by atoms with van der Waals surface area (Å²) in [5, 5.41) is 12.3. The summed E-state index contributed by atoms with van der Waals surface area (Å²) < 4.78 is 5.25. The molecule has 6 heteroatoms. The van der Waals surface area contributed by atoms with Crippen molar-refractivity contribution >= 4 is 12.1 Å². The van der Waals surface area contributed by atoms with Gasteiger partial charge in [-0.3, -0.25) is 4.90 Å². The monoisotopic (exact) mass is 382 g/mol. The van der Waals surface area contributed by atoms with Crippen molar-refractivity contribution in [3.63, 3.8) is 0 Å². The van der Waals surface area contributed by atoms with E-state index in [9.17, 15) is 14.7 Å². The lowest BCUT2D eigenvalue weighted by molar-refractivity contribution is -0.154. The van der Waals surface area contributed by atoms with Crippen molar-refractivity contribution in [2.45, 2.75) is 38.0 Å². The average molecular weight is 382 g/mol.